The maximum atomic E-state index is 15.7. The Hall–Kier alpha value is -2.63. The molecule has 9 heteroatoms. The van der Waals surface area contributed by atoms with Gasteiger partial charge in [0.1, 0.15) is 17.0 Å². The highest BCUT2D eigenvalue weighted by Crippen LogP contribution is 2.52. The van der Waals surface area contributed by atoms with E-state index in [0.717, 1.165) is 11.0 Å². The number of hydrogen-bond acceptors (Lipinski definition) is 4. The number of carbonyl (C=O) groups excluding carboxylic acids is 1. The number of carbonyl (C=O) groups is 1. The first kappa shape index (κ1) is 29.4. The van der Waals surface area contributed by atoms with E-state index in [1.54, 1.807) is 12.1 Å². The molecule has 1 amide bonds. The van der Waals surface area contributed by atoms with E-state index in [4.69, 9.17) is 23.2 Å². The monoisotopic (exact) mass is 587 g/mol. The zero-order chi connectivity index (χ0) is 28.5. The molecule has 0 radical (unpaired) electrons. The number of halogens is 4. The van der Waals surface area contributed by atoms with E-state index in [0.29, 0.717) is 12.1 Å². The minimum atomic E-state index is -1.67. The van der Waals surface area contributed by atoms with E-state index in [2.05, 4.69) is 16.7 Å². The van der Waals surface area contributed by atoms with Crippen LogP contribution < -0.4 is 10.6 Å². The van der Waals surface area contributed by atoms with Crippen LogP contribution in [0.5, 0.6) is 0 Å². The summed E-state index contributed by atoms with van der Waals surface area (Å²) in [7, 11) is 0. The molecule has 2 N–H and O–H groups in total. The highest BCUT2D eigenvalue weighted by atomic mass is 35.5. The molecule has 0 bridgehead atoms. The Bertz CT molecular complexity index is 1440. The zero-order valence-corrected chi connectivity index (χ0v) is 24.3. The van der Waals surface area contributed by atoms with Crippen LogP contribution in [0.4, 0.5) is 14.5 Å². The molecular weight excluding hydrogens is 559 g/mol. The summed E-state index contributed by atoms with van der Waals surface area (Å²) in [4.78, 5) is 14.9. The van der Waals surface area contributed by atoms with Crippen molar-refractivity contribution in [3.05, 3.63) is 93.5 Å². The summed E-state index contributed by atoms with van der Waals surface area (Å²) >= 11 is 13.8. The number of anilines is 1. The Morgan fingerprint density at radius 1 is 1.13 bits per heavy atom. The Kier molecular flexibility index (Phi) is 8.63. The quantitative estimate of drug-likeness (QED) is 0.287. The number of nitrogens with zero attached hydrogens (tertiary/aromatic N) is 1. The van der Waals surface area contributed by atoms with Crippen molar-refractivity contribution >= 4 is 46.6 Å². The van der Waals surface area contributed by atoms with E-state index in [9.17, 15) is 10.1 Å². The van der Waals surface area contributed by atoms with Crippen molar-refractivity contribution in [2.24, 2.45) is 5.41 Å². The fourth-order valence-electron chi connectivity index (χ4n) is 5.48. The maximum absolute atomic E-state index is 15.7. The van der Waals surface area contributed by atoms with Gasteiger partial charge in [-0.05, 0) is 60.1 Å². The average molecular weight is 589 g/mol. The van der Waals surface area contributed by atoms with Crippen molar-refractivity contribution in [3.63, 3.8) is 0 Å². The van der Waals surface area contributed by atoms with Crippen molar-refractivity contribution in [1.82, 2.24) is 5.32 Å². The van der Waals surface area contributed by atoms with Crippen LogP contribution in [0, 0.1) is 28.4 Å². The largest absolute Gasteiger partial charge is 0.325 e. The predicted molar refractivity (Wildman–Crippen MR) is 154 cm³/mol. The molecule has 4 nitrogen and oxygen atoms in total. The van der Waals surface area contributed by atoms with Gasteiger partial charge in [-0.3, -0.25) is 4.79 Å². The van der Waals surface area contributed by atoms with Crippen molar-refractivity contribution in [2.75, 3.05) is 11.6 Å². The Morgan fingerprint density at radius 3 is 2.49 bits per heavy atom. The summed E-state index contributed by atoms with van der Waals surface area (Å²) in [6, 6.07) is 16.4. The number of benzene rings is 3. The molecule has 4 rings (SSSR count). The van der Waals surface area contributed by atoms with Crippen LogP contribution in [0.15, 0.2) is 65.6 Å². The molecular formula is C30H29Cl2F2N3OS. The lowest BCUT2D eigenvalue weighted by molar-refractivity contribution is -0.118. The maximum Gasteiger partial charge on any atom is 0.242 e. The van der Waals surface area contributed by atoms with Crippen molar-refractivity contribution in [2.45, 2.75) is 55.5 Å². The molecule has 0 saturated carbocycles. The van der Waals surface area contributed by atoms with Gasteiger partial charge in [0, 0.05) is 33.1 Å². The Labute approximate surface area is 242 Å². The van der Waals surface area contributed by atoms with Crippen LogP contribution in [-0.4, -0.2) is 24.2 Å². The Morgan fingerprint density at radius 2 is 1.85 bits per heavy atom. The van der Waals surface area contributed by atoms with Gasteiger partial charge >= 0.3 is 0 Å². The van der Waals surface area contributed by atoms with Gasteiger partial charge in [-0.2, -0.15) is 5.26 Å². The third kappa shape index (κ3) is 5.81. The summed E-state index contributed by atoms with van der Waals surface area (Å²) in [6.45, 7) is 5.97. The molecule has 1 heterocycles. The van der Waals surface area contributed by atoms with Gasteiger partial charge in [-0.1, -0.05) is 68.2 Å². The molecule has 1 aliphatic rings. The van der Waals surface area contributed by atoms with E-state index in [-0.39, 0.29) is 26.6 Å². The van der Waals surface area contributed by atoms with E-state index in [1.807, 2.05) is 45.2 Å². The van der Waals surface area contributed by atoms with E-state index >= 15 is 8.78 Å². The topological polar surface area (TPSA) is 64.9 Å². The molecule has 1 fully saturated rings. The predicted octanol–water partition coefficient (Wildman–Crippen LogP) is 7.95. The molecule has 204 valence electrons. The van der Waals surface area contributed by atoms with Gasteiger partial charge in [0.15, 0.2) is 0 Å². The van der Waals surface area contributed by atoms with Crippen LogP contribution in [0.25, 0.3) is 0 Å². The summed E-state index contributed by atoms with van der Waals surface area (Å²) in [6.07, 6.45) is 2.32. The Balaban J connectivity index is 1.95. The minimum Gasteiger partial charge on any atom is -0.325 e. The highest BCUT2D eigenvalue weighted by Gasteiger charge is 2.61. The summed E-state index contributed by atoms with van der Waals surface area (Å²) < 4.78 is 31.4. The number of rotatable bonds is 6. The standard InChI is InChI=1S/C30H29Cl2F2N3OS/c1-29(2,3)15-24-30(16-35,21-12-11-17(31)13-23(21)33)25(20-9-6-10-22(32)26(20)34)27(37-24)28(38)36-18-7-5-8-19(14-18)39-4/h5-14,24-25,27,37H,15H2,1-4H3,(H,36,38)/t24-,25-,27+,30?/m0/s1. The lowest BCUT2D eigenvalue weighted by Gasteiger charge is -2.37. The third-order valence-electron chi connectivity index (χ3n) is 7.07. The van der Waals surface area contributed by atoms with Gasteiger partial charge in [0.05, 0.1) is 17.1 Å². The van der Waals surface area contributed by atoms with Gasteiger partial charge in [-0.15, -0.1) is 11.8 Å². The molecule has 4 atom stereocenters. The molecule has 39 heavy (non-hydrogen) atoms. The second-order valence-corrected chi connectivity index (χ2v) is 12.6. The first-order chi connectivity index (χ1) is 18.4. The second kappa shape index (κ2) is 11.5. The minimum absolute atomic E-state index is 0.0419. The molecule has 1 aliphatic heterocycles. The summed E-state index contributed by atoms with van der Waals surface area (Å²) in [5.41, 5.74) is -1.34. The highest BCUT2D eigenvalue weighted by molar-refractivity contribution is 7.98. The van der Waals surface area contributed by atoms with E-state index < -0.39 is 41.0 Å². The zero-order valence-electron chi connectivity index (χ0n) is 22.0. The summed E-state index contributed by atoms with van der Waals surface area (Å²) in [5.74, 6) is -3.04. The first-order valence-corrected chi connectivity index (χ1v) is 14.4. The SMILES string of the molecule is CSc1cccc(NC(=O)[C@@H]2N[C@@H](CC(C)(C)C)C(C#N)(c3ccc(Cl)cc3F)[C@H]2c2cccc(Cl)c2F)c1. The van der Waals surface area contributed by atoms with Gasteiger partial charge in [0.25, 0.3) is 0 Å². The van der Waals surface area contributed by atoms with Gasteiger partial charge in [-0.25, -0.2) is 8.78 Å². The van der Waals surface area contributed by atoms with Crippen LogP contribution in [-0.2, 0) is 10.2 Å². The fourth-order valence-corrected chi connectivity index (χ4v) is 6.28. The van der Waals surface area contributed by atoms with Crippen molar-refractivity contribution in [3.8, 4) is 6.07 Å². The molecule has 1 unspecified atom stereocenters. The number of nitrogens with one attached hydrogen (secondary N) is 2. The van der Waals surface area contributed by atoms with Crippen LogP contribution in [0.2, 0.25) is 10.0 Å². The van der Waals surface area contributed by atoms with Crippen molar-refractivity contribution in [1.29, 1.82) is 5.26 Å². The first-order valence-electron chi connectivity index (χ1n) is 12.4. The molecule has 0 spiro atoms. The van der Waals surface area contributed by atoms with Crippen molar-refractivity contribution < 1.29 is 13.6 Å². The number of thioether (sulfide) groups is 1. The van der Waals surface area contributed by atoms with E-state index in [1.165, 1.54) is 36.0 Å². The van der Waals surface area contributed by atoms with Gasteiger partial charge in [0.2, 0.25) is 5.91 Å². The lowest BCUT2D eigenvalue weighted by Crippen LogP contribution is -2.45. The third-order valence-corrected chi connectivity index (χ3v) is 8.32. The number of hydrogen-bond donors (Lipinski definition) is 2. The molecule has 1 saturated heterocycles. The van der Waals surface area contributed by atoms with Gasteiger partial charge < -0.3 is 10.6 Å². The van der Waals surface area contributed by atoms with Crippen LogP contribution in [0.3, 0.4) is 0 Å². The molecule has 3 aromatic carbocycles. The van der Waals surface area contributed by atoms with Crippen LogP contribution >= 0.6 is 35.0 Å². The summed E-state index contributed by atoms with van der Waals surface area (Å²) in [5, 5.41) is 17.2. The normalized spacial score (nSPS) is 22.9. The fraction of sp³-hybridized carbons (Fsp3) is 0.333. The second-order valence-electron chi connectivity index (χ2n) is 10.9. The average Bonchev–Trinajstić information content (AvgIpc) is 3.18. The number of nitriles is 1. The van der Waals surface area contributed by atoms with Crippen LogP contribution in [0.1, 0.15) is 44.2 Å². The molecule has 0 aliphatic carbocycles. The lowest BCUT2D eigenvalue weighted by atomic mass is 9.62. The molecule has 3 aromatic rings. The smallest absolute Gasteiger partial charge is 0.242 e. The molecule has 0 aromatic heterocycles. The number of amides is 1.